The molecular formula is C25H30. The summed E-state index contributed by atoms with van der Waals surface area (Å²) < 4.78 is 0. The molecule has 0 radical (unpaired) electrons. The molecule has 4 bridgehead atoms. The van der Waals surface area contributed by atoms with Crippen LogP contribution in [-0.2, 0) is 0 Å². The molecule has 130 valence electrons. The molecule has 25 heavy (non-hydrogen) atoms. The van der Waals surface area contributed by atoms with Gasteiger partial charge in [0.2, 0.25) is 0 Å². The van der Waals surface area contributed by atoms with Crippen LogP contribution in [0.4, 0.5) is 0 Å². The van der Waals surface area contributed by atoms with Crippen LogP contribution >= 0.6 is 0 Å². The molecule has 4 fully saturated rings. The minimum Gasteiger partial charge on any atom is -0.0619 e. The highest BCUT2D eigenvalue weighted by atomic mass is 14.5. The van der Waals surface area contributed by atoms with E-state index in [1.165, 1.54) is 22.3 Å². The fourth-order valence-electron chi connectivity index (χ4n) is 6.95. The largest absolute Gasteiger partial charge is 0.0619 e. The third kappa shape index (κ3) is 2.65. The van der Waals surface area contributed by atoms with E-state index in [2.05, 4.69) is 62.4 Å². The molecule has 0 unspecified atom stereocenters. The molecule has 0 amide bonds. The lowest BCUT2D eigenvalue weighted by Gasteiger charge is -2.55. The molecule has 5 aliphatic rings. The average molecular weight is 331 g/mol. The first-order valence-electron chi connectivity index (χ1n) is 10.3. The Labute approximate surface area is 152 Å². The van der Waals surface area contributed by atoms with E-state index >= 15 is 0 Å². The molecule has 0 saturated heterocycles. The van der Waals surface area contributed by atoms with Gasteiger partial charge in [-0.2, -0.15) is 0 Å². The lowest BCUT2D eigenvalue weighted by atomic mass is 9.50. The van der Waals surface area contributed by atoms with E-state index < -0.39 is 0 Å². The second-order valence-corrected chi connectivity index (χ2v) is 9.62. The van der Waals surface area contributed by atoms with Crippen LogP contribution in [0.15, 0.2) is 48.5 Å². The zero-order valence-electron chi connectivity index (χ0n) is 15.7. The van der Waals surface area contributed by atoms with Crippen LogP contribution in [0.5, 0.6) is 0 Å². The number of benzene rings is 2. The molecule has 0 nitrogen and oxygen atoms in total. The predicted molar refractivity (Wildman–Crippen MR) is 106 cm³/mol. The van der Waals surface area contributed by atoms with Crippen molar-refractivity contribution >= 4 is 0 Å². The molecule has 0 aromatic heterocycles. The molecule has 2 aromatic carbocycles. The van der Waals surface area contributed by atoms with E-state index in [0.29, 0.717) is 5.92 Å². The number of rotatable bonds is 0. The Bertz CT molecular complexity index is 703. The summed E-state index contributed by atoms with van der Waals surface area (Å²) in [5.41, 5.74) is 6.56. The van der Waals surface area contributed by atoms with E-state index in [4.69, 9.17) is 0 Å². The van der Waals surface area contributed by atoms with Crippen molar-refractivity contribution in [2.75, 3.05) is 0 Å². The van der Waals surface area contributed by atoms with Crippen molar-refractivity contribution in [3.05, 3.63) is 59.7 Å². The first-order valence-corrected chi connectivity index (χ1v) is 10.3. The van der Waals surface area contributed by atoms with Crippen molar-refractivity contribution in [1.29, 1.82) is 0 Å². The Morgan fingerprint density at radius 3 is 1.48 bits per heavy atom. The molecule has 2 aromatic rings. The van der Waals surface area contributed by atoms with E-state index in [1.54, 1.807) is 38.5 Å². The van der Waals surface area contributed by atoms with E-state index in [1.807, 2.05) is 0 Å². The van der Waals surface area contributed by atoms with Crippen LogP contribution in [0.3, 0.4) is 0 Å². The van der Waals surface area contributed by atoms with Gasteiger partial charge in [0.15, 0.2) is 0 Å². The molecule has 7 rings (SSSR count). The van der Waals surface area contributed by atoms with Crippen molar-refractivity contribution in [1.82, 2.24) is 0 Å². The van der Waals surface area contributed by atoms with Gasteiger partial charge in [0.05, 0.1) is 0 Å². The summed E-state index contributed by atoms with van der Waals surface area (Å²) >= 11 is 0. The maximum absolute atomic E-state index is 2.54. The van der Waals surface area contributed by atoms with E-state index in [9.17, 15) is 0 Å². The van der Waals surface area contributed by atoms with Gasteiger partial charge >= 0.3 is 0 Å². The van der Waals surface area contributed by atoms with Crippen LogP contribution in [0.2, 0.25) is 0 Å². The third-order valence-corrected chi connectivity index (χ3v) is 7.49. The monoisotopic (exact) mass is 330 g/mol. The van der Waals surface area contributed by atoms with Crippen molar-refractivity contribution in [3.8, 4) is 11.1 Å². The van der Waals surface area contributed by atoms with Crippen LogP contribution in [0, 0.1) is 23.2 Å². The normalized spacial score (nSPS) is 34.2. The molecule has 4 saturated carbocycles. The Hall–Kier alpha value is -1.56. The van der Waals surface area contributed by atoms with Gasteiger partial charge in [-0.3, -0.25) is 0 Å². The quantitative estimate of drug-likeness (QED) is 0.486. The third-order valence-electron chi connectivity index (χ3n) is 7.49. The summed E-state index contributed by atoms with van der Waals surface area (Å²) in [5, 5.41) is 0. The SMILES string of the molecule is CC12CC3CC(CC(C3)C1)C2.CC1c2ccccc2-c2ccccc21. The van der Waals surface area contributed by atoms with Gasteiger partial charge in [0.1, 0.15) is 0 Å². The Morgan fingerprint density at radius 2 is 1.08 bits per heavy atom. The van der Waals surface area contributed by atoms with Crippen LogP contribution < -0.4 is 0 Å². The molecule has 0 spiro atoms. The smallest absolute Gasteiger partial charge is 0.00733 e. The van der Waals surface area contributed by atoms with Gasteiger partial charge in [-0.1, -0.05) is 62.4 Å². The van der Waals surface area contributed by atoms with Crippen molar-refractivity contribution in [3.63, 3.8) is 0 Å². The Balaban J connectivity index is 0.000000115. The van der Waals surface area contributed by atoms with Gasteiger partial charge in [-0.15, -0.1) is 0 Å². The summed E-state index contributed by atoms with van der Waals surface area (Å²) in [6.45, 7) is 4.82. The van der Waals surface area contributed by atoms with Crippen molar-refractivity contribution in [2.24, 2.45) is 23.2 Å². The van der Waals surface area contributed by atoms with Crippen molar-refractivity contribution < 1.29 is 0 Å². The summed E-state index contributed by atoms with van der Waals surface area (Å²) in [5.74, 6) is 3.99. The first-order chi connectivity index (χ1) is 12.1. The minimum absolute atomic E-state index is 0.558. The maximum atomic E-state index is 2.54. The number of hydrogen-bond acceptors (Lipinski definition) is 0. The lowest BCUT2D eigenvalue weighted by Crippen LogP contribution is -2.44. The number of hydrogen-bond donors (Lipinski definition) is 0. The first kappa shape index (κ1) is 15.7. The maximum Gasteiger partial charge on any atom is 0.00733 e. The van der Waals surface area contributed by atoms with Crippen LogP contribution in [-0.4, -0.2) is 0 Å². The number of fused-ring (bicyclic) bond motifs is 3. The average Bonchev–Trinajstić information content (AvgIpc) is 2.87. The zero-order chi connectivity index (χ0) is 17.0. The fourth-order valence-corrected chi connectivity index (χ4v) is 6.95. The summed E-state index contributed by atoms with van der Waals surface area (Å²) in [6.07, 6.45) is 9.48. The van der Waals surface area contributed by atoms with Gasteiger partial charge in [-0.05, 0) is 83.9 Å². The molecular weight excluding hydrogens is 300 g/mol. The van der Waals surface area contributed by atoms with E-state index in [-0.39, 0.29) is 0 Å². The fraction of sp³-hybridized carbons (Fsp3) is 0.520. The highest BCUT2D eigenvalue weighted by molar-refractivity contribution is 5.78. The van der Waals surface area contributed by atoms with Gasteiger partial charge in [-0.25, -0.2) is 0 Å². The standard InChI is InChI=1S/C14H12.C11H18/c1-10-11-6-2-4-8-13(11)14-9-5-3-7-12(10)14;1-11-5-8-2-9(6-11)4-10(3-8)7-11/h2-10H,1H3;8-10H,2-7H2,1H3. The zero-order valence-corrected chi connectivity index (χ0v) is 15.7. The summed E-state index contributed by atoms with van der Waals surface area (Å²) in [4.78, 5) is 0. The lowest BCUT2D eigenvalue weighted by molar-refractivity contribution is -0.0411. The second-order valence-electron chi connectivity index (χ2n) is 9.62. The summed E-state index contributed by atoms with van der Waals surface area (Å²) in [7, 11) is 0. The molecule has 0 heteroatoms. The molecule has 0 N–H and O–H groups in total. The van der Waals surface area contributed by atoms with E-state index in [0.717, 1.165) is 23.2 Å². The van der Waals surface area contributed by atoms with Gasteiger partial charge in [0.25, 0.3) is 0 Å². The summed E-state index contributed by atoms with van der Waals surface area (Å²) in [6, 6.07) is 17.4. The predicted octanol–water partition coefficient (Wildman–Crippen LogP) is 7.04. The van der Waals surface area contributed by atoms with Crippen LogP contribution in [0.1, 0.15) is 69.4 Å². The Kier molecular flexibility index (Phi) is 3.59. The molecule has 0 aliphatic heterocycles. The minimum atomic E-state index is 0.558. The molecule has 5 aliphatic carbocycles. The molecule has 0 heterocycles. The topological polar surface area (TPSA) is 0 Å². The highest BCUT2D eigenvalue weighted by Gasteiger charge is 2.48. The second kappa shape index (κ2) is 5.73. The van der Waals surface area contributed by atoms with Gasteiger partial charge in [0, 0.05) is 5.92 Å². The Morgan fingerprint density at radius 1 is 0.680 bits per heavy atom. The molecule has 0 atom stereocenters. The van der Waals surface area contributed by atoms with Crippen LogP contribution in [0.25, 0.3) is 11.1 Å². The van der Waals surface area contributed by atoms with Crippen molar-refractivity contribution in [2.45, 2.75) is 58.3 Å². The highest BCUT2D eigenvalue weighted by Crippen LogP contribution is 2.59. The van der Waals surface area contributed by atoms with Gasteiger partial charge < -0.3 is 0 Å².